The van der Waals surface area contributed by atoms with Crippen LogP contribution in [0.15, 0.2) is 83.0 Å². The van der Waals surface area contributed by atoms with Crippen molar-refractivity contribution >= 4 is 15.7 Å². The van der Waals surface area contributed by atoms with Crippen LogP contribution in [0.5, 0.6) is 0 Å². The number of carbonyl (C=O) groups is 1. The number of nitrogens with zero attached hydrogens (tertiary/aromatic N) is 1. The number of carbonyl (C=O) groups excluding carboxylic acids is 1. The molecule has 0 spiro atoms. The van der Waals surface area contributed by atoms with Gasteiger partial charge in [0, 0.05) is 24.5 Å². The second kappa shape index (κ2) is 11.8. The van der Waals surface area contributed by atoms with Crippen LogP contribution in [0, 0.1) is 6.92 Å². The topological polar surface area (TPSA) is 105 Å². The Kier molecular flexibility index (Phi) is 8.95. The molecule has 1 aromatic heterocycles. The number of hydrogen-bond donors (Lipinski definition) is 2. The predicted octanol–water partition coefficient (Wildman–Crippen LogP) is 4.20. The number of amides is 1. The van der Waals surface area contributed by atoms with E-state index in [1.165, 1.54) is 54.6 Å². The van der Waals surface area contributed by atoms with Crippen molar-refractivity contribution in [2.75, 3.05) is 6.61 Å². The van der Waals surface area contributed by atoms with Gasteiger partial charge >= 0.3 is 6.18 Å². The second-order valence-electron chi connectivity index (χ2n) is 8.59. The Morgan fingerprint density at radius 1 is 1.13 bits per heavy atom. The van der Waals surface area contributed by atoms with Gasteiger partial charge in [0.1, 0.15) is 5.56 Å². The molecule has 3 aromatic rings. The smallest absolute Gasteiger partial charge is 0.396 e. The Hall–Kier alpha value is -3.70. The lowest BCUT2D eigenvalue weighted by Crippen LogP contribution is -2.33. The second-order valence-corrected chi connectivity index (χ2v) is 10.8. The summed E-state index contributed by atoms with van der Waals surface area (Å²) in [5.41, 5.74) is -1.07. The van der Waals surface area contributed by atoms with Gasteiger partial charge in [-0.25, -0.2) is 8.42 Å². The fourth-order valence-corrected chi connectivity index (χ4v) is 5.48. The van der Waals surface area contributed by atoms with E-state index in [0.717, 1.165) is 16.7 Å². The quantitative estimate of drug-likeness (QED) is 0.370. The van der Waals surface area contributed by atoms with Crippen LogP contribution in [-0.4, -0.2) is 35.9 Å². The first-order valence-electron chi connectivity index (χ1n) is 11.6. The maximum atomic E-state index is 13.2. The number of aromatic nitrogens is 1. The molecule has 1 heterocycles. The molecule has 0 fully saturated rings. The SMILES string of the molecule is C=CC(CCCO)S(=O)(=O)c1ccc(CNC(=O)c2ccc(C)n(-c3cccc(C(F)(F)F)c3)c2=O)cc1. The zero-order valence-electron chi connectivity index (χ0n) is 20.5. The van der Waals surface area contributed by atoms with Gasteiger partial charge in [-0.3, -0.25) is 14.2 Å². The average molecular weight is 549 g/mol. The molecule has 0 saturated heterocycles. The first kappa shape index (κ1) is 28.9. The Labute approximate surface area is 218 Å². The number of alkyl halides is 3. The van der Waals surface area contributed by atoms with E-state index < -0.39 is 38.3 Å². The Balaban J connectivity index is 1.79. The number of nitrogens with one attached hydrogen (secondary N) is 1. The molecule has 0 aliphatic heterocycles. The van der Waals surface area contributed by atoms with Crippen LogP contribution in [0.2, 0.25) is 0 Å². The standard InChI is InChI=1S/C27H27F3N2O5S/c1-3-22(8-5-15-33)38(36,37)23-12-10-19(11-13-23)17-31-25(34)24-14-9-18(2)32(26(24)35)21-7-4-6-20(16-21)27(28,29)30/h3-4,6-7,9-14,16,22,33H,1,5,8,15,17H2,2H3,(H,31,34). The summed E-state index contributed by atoms with van der Waals surface area (Å²) in [5.74, 6) is -0.733. The van der Waals surface area contributed by atoms with Crippen molar-refractivity contribution in [2.24, 2.45) is 0 Å². The highest BCUT2D eigenvalue weighted by Crippen LogP contribution is 2.30. The molecule has 0 saturated carbocycles. The van der Waals surface area contributed by atoms with Gasteiger partial charge in [0.15, 0.2) is 9.84 Å². The molecule has 0 aliphatic rings. The number of aliphatic hydroxyl groups excluding tert-OH is 1. The number of rotatable bonds is 10. The first-order valence-corrected chi connectivity index (χ1v) is 13.2. The first-order chi connectivity index (χ1) is 17.9. The normalized spacial score (nSPS) is 12.7. The van der Waals surface area contributed by atoms with Crippen molar-refractivity contribution in [3.63, 3.8) is 0 Å². The van der Waals surface area contributed by atoms with Gasteiger partial charge in [-0.1, -0.05) is 24.3 Å². The van der Waals surface area contributed by atoms with E-state index in [2.05, 4.69) is 11.9 Å². The van der Waals surface area contributed by atoms with Crippen LogP contribution in [0.1, 0.15) is 40.0 Å². The molecule has 11 heteroatoms. The highest BCUT2D eigenvalue weighted by molar-refractivity contribution is 7.92. The zero-order valence-corrected chi connectivity index (χ0v) is 21.3. The van der Waals surface area contributed by atoms with Crippen molar-refractivity contribution in [3.8, 4) is 5.69 Å². The molecule has 0 bridgehead atoms. The summed E-state index contributed by atoms with van der Waals surface area (Å²) in [4.78, 5) is 25.9. The van der Waals surface area contributed by atoms with Gasteiger partial charge in [0.25, 0.3) is 11.5 Å². The van der Waals surface area contributed by atoms with E-state index in [-0.39, 0.29) is 35.7 Å². The molecule has 0 radical (unpaired) electrons. The van der Waals surface area contributed by atoms with Crippen LogP contribution >= 0.6 is 0 Å². The summed E-state index contributed by atoms with van der Waals surface area (Å²) in [5, 5.41) is 10.7. The molecule has 1 amide bonds. The van der Waals surface area contributed by atoms with E-state index in [1.54, 1.807) is 6.92 Å². The molecule has 1 unspecified atom stereocenters. The third kappa shape index (κ3) is 6.40. The zero-order chi connectivity index (χ0) is 28.1. The number of benzene rings is 2. The van der Waals surface area contributed by atoms with Crippen LogP contribution in [0.3, 0.4) is 0 Å². The highest BCUT2D eigenvalue weighted by Gasteiger charge is 2.31. The third-order valence-electron chi connectivity index (χ3n) is 5.97. The summed E-state index contributed by atoms with van der Waals surface area (Å²) in [6.07, 6.45) is -2.72. The van der Waals surface area contributed by atoms with E-state index in [1.807, 2.05) is 0 Å². The number of aryl methyl sites for hydroxylation is 1. The van der Waals surface area contributed by atoms with Gasteiger partial charge in [-0.15, -0.1) is 6.58 Å². The number of pyridine rings is 1. The molecule has 1 atom stereocenters. The van der Waals surface area contributed by atoms with Crippen LogP contribution < -0.4 is 10.9 Å². The number of halogens is 3. The van der Waals surface area contributed by atoms with Crippen LogP contribution in [-0.2, 0) is 22.6 Å². The molecule has 202 valence electrons. The van der Waals surface area contributed by atoms with E-state index >= 15 is 0 Å². The number of sulfone groups is 1. The summed E-state index contributed by atoms with van der Waals surface area (Å²) in [6.45, 7) is 4.95. The highest BCUT2D eigenvalue weighted by atomic mass is 32.2. The van der Waals surface area contributed by atoms with E-state index in [0.29, 0.717) is 17.7 Å². The molecule has 7 nitrogen and oxygen atoms in total. The summed E-state index contributed by atoms with van der Waals surface area (Å²) in [7, 11) is -3.70. The molecule has 2 N–H and O–H groups in total. The van der Waals surface area contributed by atoms with E-state index in [4.69, 9.17) is 5.11 Å². The third-order valence-corrected chi connectivity index (χ3v) is 8.12. The summed E-state index contributed by atoms with van der Waals surface area (Å²) in [6, 6.07) is 12.9. The Bertz CT molecular complexity index is 1480. The number of aliphatic hydroxyl groups is 1. The van der Waals surface area contributed by atoms with Gasteiger partial charge < -0.3 is 10.4 Å². The molecule has 38 heavy (non-hydrogen) atoms. The van der Waals surface area contributed by atoms with Gasteiger partial charge in [0.2, 0.25) is 0 Å². The molecule has 3 rings (SSSR count). The molecule has 0 aliphatic carbocycles. The lowest BCUT2D eigenvalue weighted by Gasteiger charge is -2.15. The molecular formula is C27H27F3N2O5S. The maximum Gasteiger partial charge on any atom is 0.416 e. The van der Waals surface area contributed by atoms with Gasteiger partial charge in [-0.2, -0.15) is 13.2 Å². The van der Waals surface area contributed by atoms with Crippen LogP contribution in [0.25, 0.3) is 5.69 Å². The lowest BCUT2D eigenvalue weighted by molar-refractivity contribution is -0.137. The van der Waals surface area contributed by atoms with Crippen molar-refractivity contribution in [1.82, 2.24) is 9.88 Å². The predicted molar refractivity (Wildman–Crippen MR) is 137 cm³/mol. The molecule has 2 aromatic carbocycles. The Morgan fingerprint density at radius 2 is 1.82 bits per heavy atom. The van der Waals surface area contributed by atoms with Crippen molar-refractivity contribution in [2.45, 2.75) is 42.6 Å². The fourth-order valence-electron chi connectivity index (χ4n) is 3.89. The van der Waals surface area contributed by atoms with Gasteiger partial charge in [-0.05, 0) is 67.8 Å². The fraction of sp³-hybridized carbons (Fsp3) is 0.259. The van der Waals surface area contributed by atoms with Crippen molar-refractivity contribution in [1.29, 1.82) is 0 Å². The van der Waals surface area contributed by atoms with Crippen molar-refractivity contribution in [3.05, 3.63) is 106 Å². The minimum absolute atomic E-state index is 0.0224. The molecular weight excluding hydrogens is 521 g/mol. The monoisotopic (exact) mass is 548 g/mol. The minimum Gasteiger partial charge on any atom is -0.396 e. The minimum atomic E-state index is -4.59. The van der Waals surface area contributed by atoms with E-state index in [9.17, 15) is 31.2 Å². The number of hydrogen-bond acceptors (Lipinski definition) is 5. The van der Waals surface area contributed by atoms with Crippen molar-refractivity contribution < 1.29 is 31.5 Å². The maximum absolute atomic E-state index is 13.2. The Morgan fingerprint density at radius 3 is 2.42 bits per heavy atom. The van der Waals surface area contributed by atoms with Gasteiger partial charge in [0.05, 0.1) is 15.7 Å². The van der Waals surface area contributed by atoms with Crippen LogP contribution in [0.4, 0.5) is 13.2 Å². The largest absolute Gasteiger partial charge is 0.416 e. The summed E-state index contributed by atoms with van der Waals surface area (Å²) < 4.78 is 66.1. The summed E-state index contributed by atoms with van der Waals surface area (Å²) >= 11 is 0. The lowest BCUT2D eigenvalue weighted by atomic mass is 10.1. The average Bonchev–Trinajstić information content (AvgIpc) is 2.87.